The molecule has 9 nitrogen and oxygen atoms in total. The summed E-state index contributed by atoms with van der Waals surface area (Å²) in [5.74, 6) is -1.59. The molecular weight excluding hydrogens is 438 g/mol. The van der Waals surface area contributed by atoms with Crippen molar-refractivity contribution in [2.45, 2.75) is 76.5 Å². The number of likely N-dealkylation sites (tertiary alicyclic amines) is 2. The average Bonchev–Trinajstić information content (AvgIpc) is 3.28. The van der Waals surface area contributed by atoms with Crippen molar-refractivity contribution in [3.05, 3.63) is 35.9 Å². The number of carboxylic acids is 1. The Hall–Kier alpha value is -3.10. The Morgan fingerprint density at radius 1 is 1.09 bits per heavy atom. The maximum Gasteiger partial charge on any atom is 0.410 e. The molecule has 2 fully saturated rings. The molecule has 186 valence electrons. The highest BCUT2D eigenvalue weighted by Crippen LogP contribution is 2.37. The van der Waals surface area contributed by atoms with Crippen LogP contribution in [-0.4, -0.2) is 76.1 Å². The number of benzene rings is 1. The van der Waals surface area contributed by atoms with Crippen molar-refractivity contribution in [2.75, 3.05) is 19.6 Å². The van der Waals surface area contributed by atoms with E-state index in [1.165, 1.54) is 11.8 Å². The van der Waals surface area contributed by atoms with Crippen molar-refractivity contribution < 1.29 is 29.0 Å². The van der Waals surface area contributed by atoms with Gasteiger partial charge in [-0.05, 0) is 58.9 Å². The zero-order valence-electron chi connectivity index (χ0n) is 20.4. The summed E-state index contributed by atoms with van der Waals surface area (Å²) in [5.41, 5.74) is -0.774. The van der Waals surface area contributed by atoms with Crippen molar-refractivity contribution in [1.29, 1.82) is 0 Å². The van der Waals surface area contributed by atoms with Gasteiger partial charge in [-0.25, -0.2) is 4.79 Å². The van der Waals surface area contributed by atoms with Gasteiger partial charge in [0.15, 0.2) is 0 Å². The zero-order valence-corrected chi connectivity index (χ0v) is 20.4. The predicted octanol–water partition coefficient (Wildman–Crippen LogP) is 2.54. The van der Waals surface area contributed by atoms with E-state index in [0.29, 0.717) is 38.9 Å². The quantitative estimate of drug-likeness (QED) is 0.679. The van der Waals surface area contributed by atoms with E-state index in [9.17, 15) is 24.3 Å². The fraction of sp³-hybridized carbons (Fsp3) is 0.600. The third-order valence-corrected chi connectivity index (χ3v) is 6.57. The lowest BCUT2D eigenvalue weighted by Gasteiger charge is -2.42. The van der Waals surface area contributed by atoms with Gasteiger partial charge in [0.05, 0.1) is 5.41 Å². The van der Waals surface area contributed by atoms with Gasteiger partial charge in [-0.3, -0.25) is 19.3 Å². The number of carboxylic acid groups (broad SMARTS) is 1. The minimum atomic E-state index is -1.10. The largest absolute Gasteiger partial charge is 0.480 e. The highest BCUT2D eigenvalue weighted by Gasteiger charge is 2.46. The molecule has 34 heavy (non-hydrogen) atoms. The summed E-state index contributed by atoms with van der Waals surface area (Å²) in [6.45, 7) is 7.96. The molecule has 2 aliphatic heterocycles. The molecule has 1 aromatic rings. The van der Waals surface area contributed by atoms with E-state index in [0.717, 1.165) is 12.0 Å². The zero-order chi connectivity index (χ0) is 25.1. The molecule has 3 amide bonds. The van der Waals surface area contributed by atoms with Crippen molar-refractivity contribution in [3.63, 3.8) is 0 Å². The Morgan fingerprint density at radius 3 is 2.26 bits per heavy atom. The lowest BCUT2D eigenvalue weighted by atomic mass is 9.71. The minimum absolute atomic E-state index is 0.135. The van der Waals surface area contributed by atoms with Gasteiger partial charge in [-0.2, -0.15) is 0 Å². The lowest BCUT2D eigenvalue weighted by molar-refractivity contribution is -0.143. The molecule has 9 heteroatoms. The number of carbonyl (C=O) groups excluding carboxylic acids is 3. The van der Waals surface area contributed by atoms with E-state index in [-0.39, 0.29) is 11.8 Å². The first-order valence-corrected chi connectivity index (χ1v) is 11.8. The summed E-state index contributed by atoms with van der Waals surface area (Å²) in [6, 6.07) is 7.69. The van der Waals surface area contributed by atoms with Crippen LogP contribution in [0, 0.1) is 0 Å². The van der Waals surface area contributed by atoms with E-state index in [2.05, 4.69) is 5.32 Å². The predicted molar refractivity (Wildman–Crippen MR) is 125 cm³/mol. The van der Waals surface area contributed by atoms with Crippen LogP contribution in [0.2, 0.25) is 0 Å². The van der Waals surface area contributed by atoms with Crippen molar-refractivity contribution in [3.8, 4) is 0 Å². The van der Waals surface area contributed by atoms with Gasteiger partial charge in [-0.1, -0.05) is 30.3 Å². The maximum absolute atomic E-state index is 13.4. The van der Waals surface area contributed by atoms with E-state index >= 15 is 0 Å². The third-order valence-electron chi connectivity index (χ3n) is 6.57. The fourth-order valence-corrected chi connectivity index (χ4v) is 4.68. The number of nitrogens with one attached hydrogen (secondary N) is 1. The Balaban J connectivity index is 1.74. The number of hydrogen-bond donors (Lipinski definition) is 2. The molecule has 2 N–H and O–H groups in total. The molecule has 0 radical (unpaired) electrons. The van der Waals surface area contributed by atoms with Gasteiger partial charge in [-0.15, -0.1) is 0 Å². The number of piperidine rings is 1. The number of ether oxygens (including phenoxy) is 1. The second kappa shape index (κ2) is 10.0. The first kappa shape index (κ1) is 25.5. The summed E-state index contributed by atoms with van der Waals surface area (Å²) in [4.78, 5) is 53.8. The van der Waals surface area contributed by atoms with Gasteiger partial charge < -0.3 is 20.1 Å². The highest BCUT2D eigenvalue weighted by molar-refractivity contribution is 5.92. The Labute approximate surface area is 200 Å². The van der Waals surface area contributed by atoms with Crippen LogP contribution < -0.4 is 5.32 Å². The van der Waals surface area contributed by atoms with Crippen LogP contribution >= 0.6 is 0 Å². The first-order chi connectivity index (χ1) is 15.9. The smallest absolute Gasteiger partial charge is 0.410 e. The fourth-order valence-electron chi connectivity index (χ4n) is 4.68. The molecule has 2 unspecified atom stereocenters. The first-order valence-electron chi connectivity index (χ1n) is 11.8. The number of rotatable bonds is 5. The van der Waals surface area contributed by atoms with Gasteiger partial charge in [0.1, 0.15) is 17.7 Å². The molecule has 0 bridgehead atoms. The van der Waals surface area contributed by atoms with E-state index in [4.69, 9.17) is 4.74 Å². The molecule has 2 heterocycles. The van der Waals surface area contributed by atoms with Crippen LogP contribution in [-0.2, 0) is 24.5 Å². The van der Waals surface area contributed by atoms with Gasteiger partial charge in [0, 0.05) is 19.6 Å². The Morgan fingerprint density at radius 2 is 1.71 bits per heavy atom. The summed E-state index contributed by atoms with van der Waals surface area (Å²) in [7, 11) is 0. The van der Waals surface area contributed by atoms with E-state index in [1.807, 2.05) is 30.3 Å². The number of hydrogen-bond acceptors (Lipinski definition) is 5. The SMILES string of the molecule is CC(NC(=O)C1(c2ccccc2)CCN(C(=O)C2CCCN2C(=O)OC(C)(C)C)CC1)C(=O)O. The molecule has 2 atom stereocenters. The van der Waals surface area contributed by atoms with Gasteiger partial charge in [0.2, 0.25) is 11.8 Å². The van der Waals surface area contributed by atoms with E-state index < -0.39 is 35.2 Å². The topological polar surface area (TPSA) is 116 Å². The van der Waals surface area contributed by atoms with Crippen molar-refractivity contribution >= 4 is 23.9 Å². The molecule has 2 aliphatic rings. The molecule has 0 spiro atoms. The second-order valence-corrected chi connectivity index (χ2v) is 10.1. The van der Waals surface area contributed by atoms with Crippen LogP contribution in [0.3, 0.4) is 0 Å². The molecule has 2 saturated heterocycles. The number of amides is 3. The van der Waals surface area contributed by atoms with Crippen molar-refractivity contribution in [2.24, 2.45) is 0 Å². The van der Waals surface area contributed by atoms with Crippen LogP contribution in [0.5, 0.6) is 0 Å². The lowest BCUT2D eigenvalue weighted by Crippen LogP contribution is -2.57. The third kappa shape index (κ3) is 5.51. The monoisotopic (exact) mass is 473 g/mol. The molecule has 1 aromatic carbocycles. The number of nitrogens with zero attached hydrogens (tertiary/aromatic N) is 2. The van der Waals surface area contributed by atoms with Crippen LogP contribution in [0.1, 0.15) is 58.9 Å². The average molecular weight is 474 g/mol. The van der Waals surface area contributed by atoms with Crippen LogP contribution in [0.25, 0.3) is 0 Å². The number of aliphatic carboxylic acids is 1. The van der Waals surface area contributed by atoms with Gasteiger partial charge in [0.25, 0.3) is 0 Å². The summed E-state index contributed by atoms with van der Waals surface area (Å²) >= 11 is 0. The minimum Gasteiger partial charge on any atom is -0.480 e. The molecular formula is C25H35N3O6. The summed E-state index contributed by atoms with van der Waals surface area (Å²) in [5, 5.41) is 11.9. The van der Waals surface area contributed by atoms with Crippen LogP contribution in [0.15, 0.2) is 30.3 Å². The highest BCUT2D eigenvalue weighted by atomic mass is 16.6. The molecule has 3 rings (SSSR count). The summed E-state index contributed by atoms with van der Waals surface area (Å²) < 4.78 is 5.48. The van der Waals surface area contributed by atoms with Gasteiger partial charge >= 0.3 is 12.1 Å². The standard InChI is InChI=1S/C25H35N3O6/c1-17(21(30)31)26-22(32)25(18-9-6-5-7-10-18)12-15-27(16-13-25)20(29)19-11-8-14-28(19)23(33)34-24(2,3)4/h5-7,9-10,17,19H,8,11-16H2,1-4H3,(H,26,32)(H,30,31). The Bertz CT molecular complexity index is 918. The molecule has 0 saturated carbocycles. The second-order valence-electron chi connectivity index (χ2n) is 10.1. The normalized spacial score (nSPS) is 21.0. The molecule has 0 aliphatic carbocycles. The van der Waals surface area contributed by atoms with Crippen molar-refractivity contribution in [1.82, 2.24) is 15.1 Å². The van der Waals surface area contributed by atoms with Crippen LogP contribution in [0.4, 0.5) is 4.79 Å². The summed E-state index contributed by atoms with van der Waals surface area (Å²) in [6.07, 6.45) is 1.54. The Kier molecular flexibility index (Phi) is 7.53. The maximum atomic E-state index is 13.4. The molecule has 0 aromatic heterocycles. The van der Waals surface area contributed by atoms with E-state index in [1.54, 1.807) is 25.7 Å². The number of carbonyl (C=O) groups is 4.